The summed E-state index contributed by atoms with van der Waals surface area (Å²) in [5.41, 5.74) is 0. The van der Waals surface area contributed by atoms with Crippen molar-refractivity contribution in [1.82, 2.24) is 0 Å². The maximum Gasteiger partial charge on any atom is 0.310 e. The Labute approximate surface area is 170 Å². The van der Waals surface area contributed by atoms with Crippen molar-refractivity contribution in [2.24, 2.45) is 0 Å². The van der Waals surface area contributed by atoms with Crippen LogP contribution in [-0.2, 0) is 0 Å². The van der Waals surface area contributed by atoms with Crippen LogP contribution in [0, 0.1) is 0 Å². The molecule has 0 atom stereocenters. The first kappa shape index (κ1) is 20.6. The fraction of sp³-hybridized carbons (Fsp3) is 0.0526. The van der Waals surface area contributed by atoms with Gasteiger partial charge in [0.2, 0.25) is 0 Å². The molecule has 0 unspecified atom stereocenters. The first-order chi connectivity index (χ1) is 11.8. The molecule has 0 saturated carbocycles. The molecule has 0 aromatic heterocycles. The fourth-order valence-electron chi connectivity index (χ4n) is 2.19. The Kier molecular flexibility index (Phi) is 7.62. The monoisotopic (exact) mass is 442 g/mol. The maximum atomic E-state index is 6.49. The maximum absolute atomic E-state index is 6.49. The quantitative estimate of drug-likeness (QED) is 0.387. The predicted molar refractivity (Wildman–Crippen MR) is 119 cm³/mol. The summed E-state index contributed by atoms with van der Waals surface area (Å²) in [5, 5.41) is 3.12. The molecule has 0 N–H and O–H groups in total. The zero-order valence-corrected chi connectivity index (χ0v) is 18.7. The molecular weight excluding hydrogens is 426 g/mol. The van der Waals surface area contributed by atoms with Gasteiger partial charge < -0.3 is 0 Å². The van der Waals surface area contributed by atoms with Crippen LogP contribution in [0.1, 0.15) is 0 Å². The first-order valence-electron chi connectivity index (χ1n) is 7.74. The number of halogens is 4. The van der Waals surface area contributed by atoms with Crippen molar-refractivity contribution in [1.29, 1.82) is 0 Å². The van der Waals surface area contributed by atoms with E-state index in [0.717, 1.165) is 15.6 Å². The molecule has 0 nitrogen and oxygen atoms in total. The summed E-state index contributed by atoms with van der Waals surface area (Å²) in [6, 6.07) is 29.5. The Morgan fingerprint density at radius 2 is 0.760 bits per heavy atom. The Morgan fingerprint density at radius 3 is 1.00 bits per heavy atom. The van der Waals surface area contributed by atoms with E-state index in [1.165, 1.54) is 0 Å². The van der Waals surface area contributed by atoms with Gasteiger partial charge in [0.05, 0.1) is 0 Å². The predicted octanol–water partition coefficient (Wildman–Crippen LogP) is 5.16. The summed E-state index contributed by atoms with van der Waals surface area (Å²) in [7, 11) is 0. The molecule has 3 aromatic carbocycles. The zero-order valence-electron chi connectivity index (χ0n) is 13.7. The van der Waals surface area contributed by atoms with Crippen LogP contribution in [0.3, 0.4) is 0 Å². The molecule has 0 amide bonds. The summed E-state index contributed by atoms with van der Waals surface area (Å²) in [4.78, 5) is 0. The lowest BCUT2D eigenvalue weighted by molar-refractivity contribution is 1.74. The second-order valence-electron chi connectivity index (χ2n) is 5.56. The van der Waals surface area contributed by atoms with Crippen LogP contribution in [0.25, 0.3) is 0 Å². The van der Waals surface area contributed by atoms with E-state index in [1.54, 1.807) is 0 Å². The van der Waals surface area contributed by atoms with Gasteiger partial charge in [0.1, 0.15) is 0 Å². The van der Waals surface area contributed by atoms with Crippen LogP contribution in [0.2, 0.25) is 6.55 Å². The zero-order chi connectivity index (χ0) is 18.3. The molecule has 0 aliphatic carbocycles. The van der Waals surface area contributed by atoms with Crippen molar-refractivity contribution in [3.8, 4) is 0 Å². The standard InChI is InChI=1S/C12H10Cl2Si.C7H8Cl2Si/c13-15(14,11-7-3-1-4-8-11)12-9-5-2-6-10-12;1-10(8,9)7-5-3-2-4-6-7/h1-10H;2-6H,1H3. The Hall–Kier alpha value is -0.746. The van der Waals surface area contributed by atoms with Crippen molar-refractivity contribution >= 4 is 73.3 Å². The third-order valence-corrected chi connectivity index (χ3v) is 10.9. The van der Waals surface area contributed by atoms with Gasteiger partial charge >= 0.3 is 6.69 Å². The van der Waals surface area contributed by atoms with E-state index in [4.69, 9.17) is 44.3 Å². The molecular formula is C19H18Cl4Si2. The van der Waals surface area contributed by atoms with E-state index >= 15 is 0 Å². The number of hydrogen-bond donors (Lipinski definition) is 0. The highest BCUT2D eigenvalue weighted by Crippen LogP contribution is 2.15. The van der Waals surface area contributed by atoms with E-state index in [9.17, 15) is 0 Å². The van der Waals surface area contributed by atoms with Gasteiger partial charge in [0.15, 0.2) is 0 Å². The Balaban J connectivity index is 0.000000196. The molecule has 3 aromatic rings. The lowest BCUT2D eigenvalue weighted by Gasteiger charge is -2.17. The summed E-state index contributed by atoms with van der Waals surface area (Å²) in [6.45, 7) is -2.71. The van der Waals surface area contributed by atoms with Gasteiger partial charge in [-0.15, -0.1) is 44.3 Å². The van der Waals surface area contributed by atoms with Crippen LogP contribution < -0.4 is 15.6 Å². The van der Waals surface area contributed by atoms with Crippen LogP contribution >= 0.6 is 44.3 Å². The number of rotatable bonds is 3. The fourth-order valence-corrected chi connectivity index (χ4v) is 6.79. The van der Waals surface area contributed by atoms with E-state index in [1.807, 2.05) is 97.5 Å². The smallest absolute Gasteiger partial charge is 0.140 e. The molecule has 130 valence electrons. The van der Waals surface area contributed by atoms with Crippen molar-refractivity contribution < 1.29 is 0 Å². The van der Waals surface area contributed by atoms with Gasteiger partial charge in [0.25, 0.3) is 6.69 Å². The molecule has 0 fully saturated rings. The van der Waals surface area contributed by atoms with Crippen molar-refractivity contribution in [3.63, 3.8) is 0 Å². The SMILES string of the molecule is C[Si](Cl)(Cl)c1ccccc1.Cl[Si](Cl)(c1ccccc1)c1ccccc1. The van der Waals surface area contributed by atoms with E-state index in [-0.39, 0.29) is 0 Å². The third kappa shape index (κ3) is 6.17. The van der Waals surface area contributed by atoms with Gasteiger partial charge in [-0.2, -0.15) is 0 Å². The highest BCUT2D eigenvalue weighted by molar-refractivity contribution is 7.56. The molecule has 0 heterocycles. The topological polar surface area (TPSA) is 0 Å². The molecule has 0 aliphatic rings. The van der Waals surface area contributed by atoms with Crippen LogP contribution in [0.5, 0.6) is 0 Å². The highest BCUT2D eigenvalue weighted by Gasteiger charge is 2.32. The third-order valence-electron chi connectivity index (χ3n) is 3.55. The summed E-state index contributed by atoms with van der Waals surface area (Å²) in [6.07, 6.45) is 0. The average molecular weight is 444 g/mol. The lowest BCUT2D eigenvalue weighted by atomic mass is 10.4. The Morgan fingerprint density at radius 1 is 0.480 bits per heavy atom. The van der Waals surface area contributed by atoms with Gasteiger partial charge in [-0.25, -0.2) is 0 Å². The van der Waals surface area contributed by atoms with Crippen molar-refractivity contribution in [3.05, 3.63) is 91.0 Å². The highest BCUT2D eigenvalue weighted by atomic mass is 35.7. The molecule has 0 spiro atoms. The normalized spacial score (nSPS) is 11.4. The van der Waals surface area contributed by atoms with Gasteiger partial charge in [-0.05, 0) is 22.1 Å². The molecule has 0 bridgehead atoms. The first-order valence-corrected chi connectivity index (χ1v) is 16.3. The molecule has 6 heteroatoms. The molecule has 25 heavy (non-hydrogen) atoms. The van der Waals surface area contributed by atoms with Crippen LogP contribution in [0.15, 0.2) is 91.0 Å². The molecule has 0 radical (unpaired) electrons. The van der Waals surface area contributed by atoms with E-state index in [2.05, 4.69) is 0 Å². The van der Waals surface area contributed by atoms with Crippen molar-refractivity contribution in [2.75, 3.05) is 0 Å². The number of benzene rings is 3. The summed E-state index contributed by atoms with van der Waals surface area (Å²) < 4.78 is 0. The minimum atomic E-state index is -2.51. The van der Waals surface area contributed by atoms with Crippen LogP contribution in [0.4, 0.5) is 0 Å². The lowest BCUT2D eigenvalue weighted by Crippen LogP contribution is -2.48. The van der Waals surface area contributed by atoms with Gasteiger partial charge in [-0.3, -0.25) is 0 Å². The van der Waals surface area contributed by atoms with Gasteiger partial charge in [-0.1, -0.05) is 91.0 Å². The molecule has 3 rings (SSSR count). The minimum Gasteiger partial charge on any atom is -0.140 e. The molecule has 0 aliphatic heterocycles. The summed E-state index contributed by atoms with van der Waals surface area (Å²) in [5.74, 6) is 0. The van der Waals surface area contributed by atoms with Gasteiger partial charge in [0, 0.05) is 0 Å². The Bertz CT molecular complexity index is 716. The average Bonchev–Trinajstić information content (AvgIpc) is 2.64. The molecule has 0 saturated heterocycles. The second-order valence-corrected chi connectivity index (χ2v) is 19.3. The van der Waals surface area contributed by atoms with Crippen LogP contribution in [-0.4, -0.2) is 13.4 Å². The minimum absolute atomic E-state index is 1.03. The van der Waals surface area contributed by atoms with Crippen molar-refractivity contribution in [2.45, 2.75) is 6.55 Å². The number of hydrogen-bond acceptors (Lipinski definition) is 0. The van der Waals surface area contributed by atoms with E-state index < -0.39 is 13.4 Å². The van der Waals surface area contributed by atoms with E-state index in [0.29, 0.717) is 0 Å². The summed E-state index contributed by atoms with van der Waals surface area (Å²) >= 11 is 24.9. The largest absolute Gasteiger partial charge is 0.310 e. The second kappa shape index (κ2) is 9.27.